The van der Waals surface area contributed by atoms with Crippen LogP contribution in [0.1, 0.15) is 278 Å². The van der Waals surface area contributed by atoms with Crippen LogP contribution in [0.4, 0.5) is 0 Å². The number of carbonyl (C=O) groups excluding carboxylic acids is 3. The third-order valence-corrected chi connectivity index (χ3v) is 12.0. The first-order valence-electron chi connectivity index (χ1n) is 27.8. The summed E-state index contributed by atoms with van der Waals surface area (Å²) < 4.78 is 16.8. The Labute approximate surface area is 402 Å². The smallest absolute Gasteiger partial charge is 0.306 e. The van der Waals surface area contributed by atoms with E-state index in [-0.39, 0.29) is 31.1 Å². The fourth-order valence-corrected chi connectivity index (χ4v) is 7.84. The molecule has 0 aromatic carbocycles. The molecule has 0 rings (SSSR count). The summed E-state index contributed by atoms with van der Waals surface area (Å²) in [5.41, 5.74) is 0. The molecular formula is C59H104O6. The Balaban J connectivity index is 4.39. The molecule has 0 aliphatic carbocycles. The van der Waals surface area contributed by atoms with Crippen LogP contribution in [0.3, 0.4) is 0 Å². The van der Waals surface area contributed by atoms with E-state index in [0.717, 1.165) is 70.6 Å². The Hall–Kier alpha value is -2.89. The molecule has 0 bridgehead atoms. The number of rotatable bonds is 50. The van der Waals surface area contributed by atoms with Crippen LogP contribution in [-0.2, 0) is 28.6 Å². The monoisotopic (exact) mass is 909 g/mol. The van der Waals surface area contributed by atoms with Gasteiger partial charge in [0.2, 0.25) is 0 Å². The molecule has 0 aromatic rings. The molecule has 6 nitrogen and oxygen atoms in total. The molecule has 376 valence electrons. The van der Waals surface area contributed by atoms with Crippen LogP contribution >= 0.6 is 0 Å². The van der Waals surface area contributed by atoms with Crippen molar-refractivity contribution in [2.45, 2.75) is 284 Å². The molecule has 65 heavy (non-hydrogen) atoms. The minimum Gasteiger partial charge on any atom is -0.462 e. The van der Waals surface area contributed by atoms with Gasteiger partial charge in [-0.3, -0.25) is 14.4 Å². The minimum atomic E-state index is -0.783. The van der Waals surface area contributed by atoms with E-state index in [4.69, 9.17) is 14.2 Å². The number of allylic oxidation sites excluding steroid dienone is 10. The number of ether oxygens (including phenoxy) is 3. The molecule has 1 atom stereocenters. The first-order valence-corrected chi connectivity index (χ1v) is 27.8. The van der Waals surface area contributed by atoms with Gasteiger partial charge in [-0.25, -0.2) is 0 Å². The van der Waals surface area contributed by atoms with Crippen LogP contribution in [0.2, 0.25) is 0 Å². The molecule has 0 amide bonds. The molecule has 0 spiro atoms. The molecule has 0 saturated carbocycles. The van der Waals surface area contributed by atoms with Gasteiger partial charge in [0, 0.05) is 19.3 Å². The van der Waals surface area contributed by atoms with Crippen LogP contribution in [-0.4, -0.2) is 37.2 Å². The number of carbonyl (C=O) groups is 3. The number of esters is 3. The fraction of sp³-hybridized carbons (Fsp3) is 0.780. The summed E-state index contributed by atoms with van der Waals surface area (Å²) in [4.78, 5) is 38.1. The van der Waals surface area contributed by atoms with Crippen molar-refractivity contribution in [1.29, 1.82) is 0 Å². The van der Waals surface area contributed by atoms with Crippen molar-refractivity contribution in [2.24, 2.45) is 0 Å². The highest BCUT2D eigenvalue weighted by Gasteiger charge is 2.19. The average Bonchev–Trinajstić information content (AvgIpc) is 3.30. The van der Waals surface area contributed by atoms with Gasteiger partial charge in [-0.1, -0.05) is 229 Å². The molecule has 0 radical (unpaired) electrons. The molecule has 0 saturated heterocycles. The van der Waals surface area contributed by atoms with Crippen LogP contribution < -0.4 is 0 Å². The fourth-order valence-electron chi connectivity index (χ4n) is 7.84. The topological polar surface area (TPSA) is 78.9 Å². The Morgan fingerprint density at radius 1 is 0.323 bits per heavy atom. The second kappa shape index (κ2) is 53.7. The predicted molar refractivity (Wildman–Crippen MR) is 279 cm³/mol. The zero-order chi connectivity index (χ0) is 47.2. The maximum atomic E-state index is 12.8. The van der Waals surface area contributed by atoms with Crippen LogP contribution in [0, 0.1) is 0 Å². The Kier molecular flexibility index (Phi) is 51.3. The van der Waals surface area contributed by atoms with Crippen molar-refractivity contribution >= 4 is 17.9 Å². The highest BCUT2D eigenvalue weighted by molar-refractivity contribution is 5.71. The third kappa shape index (κ3) is 51.9. The van der Waals surface area contributed by atoms with Gasteiger partial charge in [0.25, 0.3) is 0 Å². The van der Waals surface area contributed by atoms with Crippen molar-refractivity contribution in [3.63, 3.8) is 0 Å². The molecule has 0 aliphatic rings. The Morgan fingerprint density at radius 2 is 0.615 bits per heavy atom. The number of hydrogen-bond donors (Lipinski definition) is 0. The summed E-state index contributed by atoms with van der Waals surface area (Å²) in [5.74, 6) is -0.894. The van der Waals surface area contributed by atoms with Crippen LogP contribution in [0.5, 0.6) is 0 Å². The normalized spacial score (nSPS) is 12.5. The van der Waals surface area contributed by atoms with Gasteiger partial charge in [0.1, 0.15) is 13.2 Å². The van der Waals surface area contributed by atoms with Gasteiger partial charge in [0.15, 0.2) is 6.10 Å². The van der Waals surface area contributed by atoms with Gasteiger partial charge in [-0.05, 0) is 89.9 Å². The van der Waals surface area contributed by atoms with Crippen molar-refractivity contribution in [3.8, 4) is 0 Å². The third-order valence-electron chi connectivity index (χ3n) is 12.0. The van der Waals surface area contributed by atoms with Crippen molar-refractivity contribution < 1.29 is 28.6 Å². The number of unbranched alkanes of at least 4 members (excludes halogenated alkanes) is 31. The number of hydrogen-bond acceptors (Lipinski definition) is 6. The van der Waals surface area contributed by atoms with Gasteiger partial charge in [-0.15, -0.1) is 0 Å². The van der Waals surface area contributed by atoms with E-state index in [1.807, 2.05) is 0 Å². The zero-order valence-corrected chi connectivity index (χ0v) is 43.0. The van der Waals surface area contributed by atoms with E-state index in [1.165, 1.54) is 167 Å². The molecular weight excluding hydrogens is 805 g/mol. The van der Waals surface area contributed by atoms with Crippen molar-refractivity contribution in [1.82, 2.24) is 0 Å². The van der Waals surface area contributed by atoms with Crippen LogP contribution in [0.25, 0.3) is 0 Å². The maximum absolute atomic E-state index is 12.8. The zero-order valence-electron chi connectivity index (χ0n) is 43.0. The van der Waals surface area contributed by atoms with Crippen molar-refractivity contribution in [3.05, 3.63) is 60.8 Å². The van der Waals surface area contributed by atoms with E-state index < -0.39 is 6.10 Å². The predicted octanol–water partition coefficient (Wildman–Crippen LogP) is 18.4. The summed E-state index contributed by atoms with van der Waals surface area (Å²) in [6.45, 7) is 6.50. The first kappa shape index (κ1) is 62.1. The summed E-state index contributed by atoms with van der Waals surface area (Å²) in [6.07, 6.45) is 66.3. The van der Waals surface area contributed by atoms with Gasteiger partial charge in [0.05, 0.1) is 0 Å². The quantitative estimate of drug-likeness (QED) is 0.0199. The maximum Gasteiger partial charge on any atom is 0.306 e. The van der Waals surface area contributed by atoms with Gasteiger partial charge in [-0.2, -0.15) is 0 Å². The standard InChI is InChI=1S/C59H104O6/c1-4-7-10-13-16-19-22-25-28-29-32-34-37-40-43-46-49-52-58(61)64-55-56(65-59(62)53-50-47-44-41-38-35-31-27-24-21-18-15-12-9-6-3)54-63-57(60)51-48-45-42-39-36-33-30-26-23-20-17-14-11-8-5-2/h9,12,15,18,20-21,23-25,28,56H,4-8,10-11,13-14,16-17,19,22,26-27,29-55H2,1-3H3/b12-9-,18-15-,23-20-,24-21-,28-25-. The summed E-state index contributed by atoms with van der Waals surface area (Å²) in [5, 5.41) is 0. The Morgan fingerprint density at radius 3 is 0.985 bits per heavy atom. The van der Waals surface area contributed by atoms with E-state index in [1.54, 1.807) is 0 Å². The van der Waals surface area contributed by atoms with E-state index in [0.29, 0.717) is 19.3 Å². The average molecular weight is 909 g/mol. The first-order chi connectivity index (χ1) is 32.0. The van der Waals surface area contributed by atoms with Crippen LogP contribution in [0.15, 0.2) is 60.8 Å². The highest BCUT2D eigenvalue weighted by Crippen LogP contribution is 2.15. The lowest BCUT2D eigenvalue weighted by atomic mass is 10.1. The summed E-state index contributed by atoms with van der Waals surface area (Å²) >= 11 is 0. The van der Waals surface area contributed by atoms with Crippen molar-refractivity contribution in [2.75, 3.05) is 13.2 Å². The lowest BCUT2D eigenvalue weighted by Crippen LogP contribution is -2.30. The largest absolute Gasteiger partial charge is 0.462 e. The summed E-state index contributed by atoms with van der Waals surface area (Å²) in [7, 11) is 0. The summed E-state index contributed by atoms with van der Waals surface area (Å²) in [6, 6.07) is 0. The highest BCUT2D eigenvalue weighted by atomic mass is 16.6. The SMILES string of the molecule is CC\C=C/C=C\C=C/CCCCCCCCCC(=O)OC(COC(=O)CCCCCCCCC/C=C\CCCCCC)COC(=O)CCCCCCCCC/C=C\CCCCCCCC. The molecule has 0 aliphatic heterocycles. The molecule has 0 heterocycles. The molecule has 0 aromatic heterocycles. The molecule has 0 fully saturated rings. The molecule has 6 heteroatoms. The molecule has 0 N–H and O–H groups in total. The lowest BCUT2D eigenvalue weighted by molar-refractivity contribution is -0.167. The van der Waals surface area contributed by atoms with E-state index in [2.05, 4.69) is 81.5 Å². The van der Waals surface area contributed by atoms with E-state index in [9.17, 15) is 14.4 Å². The van der Waals surface area contributed by atoms with E-state index >= 15 is 0 Å². The molecule has 1 unspecified atom stereocenters. The second-order valence-corrected chi connectivity index (χ2v) is 18.5. The lowest BCUT2D eigenvalue weighted by Gasteiger charge is -2.18. The second-order valence-electron chi connectivity index (χ2n) is 18.5. The Bertz CT molecular complexity index is 1180. The minimum absolute atomic E-state index is 0.0820. The van der Waals surface area contributed by atoms with Gasteiger partial charge < -0.3 is 14.2 Å². The van der Waals surface area contributed by atoms with Gasteiger partial charge >= 0.3 is 17.9 Å².